The molecule has 0 spiro atoms. The third-order valence-electron chi connectivity index (χ3n) is 5.25. The number of ether oxygens (including phenoxy) is 2. The van der Waals surface area contributed by atoms with E-state index < -0.39 is 0 Å². The fourth-order valence-corrected chi connectivity index (χ4v) is 3.55. The highest BCUT2D eigenvalue weighted by Gasteiger charge is 2.33. The Morgan fingerprint density at radius 2 is 1.74 bits per heavy atom. The zero-order chi connectivity index (χ0) is 19.1. The maximum atomic E-state index is 12.7. The lowest BCUT2D eigenvalue weighted by Gasteiger charge is -2.25. The Labute approximate surface area is 161 Å². The molecule has 6 nitrogen and oxygen atoms in total. The first-order chi connectivity index (χ1) is 13.2. The second kappa shape index (κ2) is 9.62. The lowest BCUT2D eigenvalue weighted by Crippen LogP contribution is -2.40. The maximum Gasteiger partial charge on any atom is 0.260 e. The second-order valence-corrected chi connectivity index (χ2v) is 7.30. The standard InChI is InChI=1S/C21H30N2O4/c1-26-18-8-4-5-9-19(18)27-16-21(25)23(17-10-11-17)15-12-20(24)22-13-6-2-3-7-14-22/h4-5,8-9,17H,2-3,6-7,10-16H2,1H3. The van der Waals surface area contributed by atoms with E-state index in [9.17, 15) is 9.59 Å². The molecule has 1 aliphatic carbocycles. The normalized spacial score (nSPS) is 17.1. The molecule has 0 atom stereocenters. The molecule has 2 fully saturated rings. The number of nitrogens with zero attached hydrogens (tertiary/aromatic N) is 2. The van der Waals surface area contributed by atoms with E-state index in [1.54, 1.807) is 19.2 Å². The third-order valence-corrected chi connectivity index (χ3v) is 5.25. The zero-order valence-corrected chi connectivity index (χ0v) is 16.2. The lowest BCUT2D eigenvalue weighted by molar-refractivity contribution is -0.136. The summed E-state index contributed by atoms with van der Waals surface area (Å²) in [7, 11) is 1.58. The molecule has 1 aliphatic heterocycles. The summed E-state index contributed by atoms with van der Waals surface area (Å²) in [6.45, 7) is 2.16. The lowest BCUT2D eigenvalue weighted by atomic mass is 10.2. The monoisotopic (exact) mass is 374 g/mol. The highest BCUT2D eigenvalue weighted by Crippen LogP contribution is 2.29. The van der Waals surface area contributed by atoms with Gasteiger partial charge in [-0.1, -0.05) is 25.0 Å². The molecule has 0 bridgehead atoms. The molecule has 1 saturated heterocycles. The van der Waals surface area contributed by atoms with Gasteiger partial charge in [-0.25, -0.2) is 0 Å². The van der Waals surface area contributed by atoms with Crippen molar-refractivity contribution in [3.05, 3.63) is 24.3 Å². The molecule has 27 heavy (non-hydrogen) atoms. The maximum absolute atomic E-state index is 12.7. The van der Waals surface area contributed by atoms with Crippen LogP contribution in [0.1, 0.15) is 44.9 Å². The quantitative estimate of drug-likeness (QED) is 0.702. The summed E-state index contributed by atoms with van der Waals surface area (Å²) in [5.74, 6) is 1.28. The summed E-state index contributed by atoms with van der Waals surface area (Å²) in [6.07, 6.45) is 7.01. The molecule has 0 unspecified atom stereocenters. The van der Waals surface area contributed by atoms with Crippen LogP contribution in [0.4, 0.5) is 0 Å². The molecule has 2 amide bonds. The zero-order valence-electron chi connectivity index (χ0n) is 16.2. The first-order valence-corrected chi connectivity index (χ1v) is 10.0. The van der Waals surface area contributed by atoms with Gasteiger partial charge in [-0.05, 0) is 37.8 Å². The van der Waals surface area contributed by atoms with Gasteiger partial charge in [0.25, 0.3) is 5.91 Å². The molecule has 0 aromatic heterocycles. The Hall–Kier alpha value is -2.24. The van der Waals surface area contributed by atoms with Gasteiger partial charge < -0.3 is 19.3 Å². The minimum absolute atomic E-state index is 0.0330. The van der Waals surface area contributed by atoms with Gasteiger partial charge in [-0.3, -0.25) is 9.59 Å². The van der Waals surface area contributed by atoms with E-state index in [2.05, 4.69) is 0 Å². The van der Waals surface area contributed by atoms with Crippen molar-refractivity contribution in [2.24, 2.45) is 0 Å². The average molecular weight is 374 g/mol. The summed E-state index contributed by atoms with van der Waals surface area (Å²) < 4.78 is 10.9. The molecule has 1 aromatic rings. The summed E-state index contributed by atoms with van der Waals surface area (Å²) in [6, 6.07) is 7.56. The van der Waals surface area contributed by atoms with Gasteiger partial charge in [0.15, 0.2) is 18.1 Å². The molecule has 6 heteroatoms. The van der Waals surface area contributed by atoms with E-state index in [1.807, 2.05) is 21.9 Å². The molecular formula is C21H30N2O4. The summed E-state index contributed by atoms with van der Waals surface area (Å²) in [5.41, 5.74) is 0. The van der Waals surface area contributed by atoms with Crippen LogP contribution in [0.5, 0.6) is 11.5 Å². The van der Waals surface area contributed by atoms with Crippen molar-refractivity contribution in [1.29, 1.82) is 0 Å². The van der Waals surface area contributed by atoms with Crippen LogP contribution in [0.15, 0.2) is 24.3 Å². The largest absolute Gasteiger partial charge is 0.493 e. The van der Waals surface area contributed by atoms with E-state index in [1.165, 1.54) is 12.8 Å². The molecule has 1 aromatic carbocycles. The fourth-order valence-electron chi connectivity index (χ4n) is 3.55. The van der Waals surface area contributed by atoms with Gasteiger partial charge in [0.2, 0.25) is 5.91 Å². The van der Waals surface area contributed by atoms with E-state index in [0.717, 1.165) is 38.8 Å². The molecule has 148 valence electrons. The number of hydrogen-bond donors (Lipinski definition) is 0. The van der Waals surface area contributed by atoms with Crippen molar-refractivity contribution < 1.29 is 19.1 Å². The number of carbonyl (C=O) groups is 2. The van der Waals surface area contributed by atoms with Crippen molar-refractivity contribution >= 4 is 11.8 Å². The molecule has 1 saturated carbocycles. The summed E-state index contributed by atoms with van der Waals surface area (Å²) >= 11 is 0. The molecule has 3 rings (SSSR count). The van der Waals surface area contributed by atoms with E-state index in [-0.39, 0.29) is 24.5 Å². The van der Waals surface area contributed by atoms with Gasteiger partial charge in [-0.2, -0.15) is 0 Å². The Balaban J connectivity index is 1.50. The molecule has 0 radical (unpaired) electrons. The second-order valence-electron chi connectivity index (χ2n) is 7.30. The molecule has 1 heterocycles. The molecule has 2 aliphatic rings. The number of para-hydroxylation sites is 2. The highest BCUT2D eigenvalue weighted by atomic mass is 16.5. The SMILES string of the molecule is COc1ccccc1OCC(=O)N(CCC(=O)N1CCCCCC1)C1CC1. The third kappa shape index (κ3) is 5.62. The topological polar surface area (TPSA) is 59.1 Å². The smallest absolute Gasteiger partial charge is 0.260 e. The highest BCUT2D eigenvalue weighted by molar-refractivity contribution is 5.80. The Kier molecular flexibility index (Phi) is 6.96. The molecule has 0 N–H and O–H groups in total. The minimum atomic E-state index is -0.0629. The number of rotatable bonds is 8. The van der Waals surface area contributed by atoms with Crippen LogP contribution in [0.2, 0.25) is 0 Å². The Morgan fingerprint density at radius 3 is 2.37 bits per heavy atom. The van der Waals surface area contributed by atoms with Gasteiger partial charge in [0.1, 0.15) is 0 Å². The Morgan fingerprint density at radius 1 is 1.07 bits per heavy atom. The number of hydrogen-bond acceptors (Lipinski definition) is 4. The van der Waals surface area contributed by atoms with Crippen LogP contribution in [0.3, 0.4) is 0 Å². The van der Waals surface area contributed by atoms with Gasteiger partial charge in [-0.15, -0.1) is 0 Å². The van der Waals surface area contributed by atoms with Gasteiger partial charge >= 0.3 is 0 Å². The first-order valence-electron chi connectivity index (χ1n) is 10.0. The van der Waals surface area contributed by atoms with Crippen LogP contribution in [-0.4, -0.2) is 61.0 Å². The van der Waals surface area contributed by atoms with Crippen molar-refractivity contribution in [2.45, 2.75) is 51.0 Å². The van der Waals surface area contributed by atoms with Crippen LogP contribution in [0, 0.1) is 0 Å². The van der Waals surface area contributed by atoms with E-state index in [4.69, 9.17) is 9.47 Å². The minimum Gasteiger partial charge on any atom is -0.493 e. The summed E-state index contributed by atoms with van der Waals surface area (Å²) in [5, 5.41) is 0. The predicted molar refractivity (Wildman–Crippen MR) is 103 cm³/mol. The summed E-state index contributed by atoms with van der Waals surface area (Å²) in [4.78, 5) is 29.0. The number of methoxy groups -OCH3 is 1. The van der Waals surface area contributed by atoms with Gasteiger partial charge in [0.05, 0.1) is 7.11 Å². The van der Waals surface area contributed by atoms with Crippen LogP contribution >= 0.6 is 0 Å². The van der Waals surface area contributed by atoms with Gasteiger partial charge in [0, 0.05) is 32.1 Å². The van der Waals surface area contributed by atoms with E-state index in [0.29, 0.717) is 24.5 Å². The molecular weight excluding hydrogens is 344 g/mol. The van der Waals surface area contributed by atoms with Crippen LogP contribution in [0.25, 0.3) is 0 Å². The van der Waals surface area contributed by atoms with Crippen LogP contribution in [-0.2, 0) is 9.59 Å². The Bertz CT molecular complexity index is 637. The number of amides is 2. The number of carbonyl (C=O) groups excluding carboxylic acids is 2. The number of likely N-dealkylation sites (tertiary alicyclic amines) is 1. The average Bonchev–Trinajstić information content (AvgIpc) is 3.53. The predicted octanol–water partition coefficient (Wildman–Crippen LogP) is 2.86. The van der Waals surface area contributed by atoms with Crippen molar-refractivity contribution in [2.75, 3.05) is 33.4 Å². The van der Waals surface area contributed by atoms with Crippen LogP contribution < -0.4 is 9.47 Å². The van der Waals surface area contributed by atoms with E-state index >= 15 is 0 Å². The van der Waals surface area contributed by atoms with Crippen molar-refractivity contribution in [1.82, 2.24) is 9.80 Å². The first kappa shape index (κ1) is 19.5. The fraction of sp³-hybridized carbons (Fsp3) is 0.619. The number of benzene rings is 1. The van der Waals surface area contributed by atoms with Crippen molar-refractivity contribution in [3.8, 4) is 11.5 Å². The van der Waals surface area contributed by atoms with Crippen molar-refractivity contribution in [3.63, 3.8) is 0 Å².